The SMILES string of the molecule is CCc1c(Cn2ccnc2-c2cccc(Cl)n2)nc2ncccn12. The lowest BCUT2D eigenvalue weighted by Gasteiger charge is -2.07. The van der Waals surface area contributed by atoms with Crippen LogP contribution in [0.25, 0.3) is 17.3 Å². The molecule has 0 aliphatic heterocycles. The number of hydrogen-bond donors (Lipinski definition) is 0. The highest BCUT2D eigenvalue weighted by Crippen LogP contribution is 2.20. The van der Waals surface area contributed by atoms with Crippen LogP contribution in [0.1, 0.15) is 18.3 Å². The molecular formula is C17H15ClN6. The van der Waals surface area contributed by atoms with Crippen LogP contribution < -0.4 is 0 Å². The summed E-state index contributed by atoms with van der Waals surface area (Å²) in [6.45, 7) is 2.73. The molecule has 0 fully saturated rings. The first-order valence-corrected chi connectivity index (χ1v) is 8.09. The summed E-state index contributed by atoms with van der Waals surface area (Å²) in [6.07, 6.45) is 8.31. The van der Waals surface area contributed by atoms with Crippen LogP contribution in [0.2, 0.25) is 5.15 Å². The Kier molecular flexibility index (Phi) is 3.74. The maximum Gasteiger partial charge on any atom is 0.234 e. The largest absolute Gasteiger partial charge is 0.324 e. The Hall–Kier alpha value is -2.73. The third kappa shape index (κ3) is 2.55. The van der Waals surface area contributed by atoms with E-state index in [0.717, 1.165) is 29.3 Å². The van der Waals surface area contributed by atoms with Gasteiger partial charge in [-0.25, -0.2) is 19.9 Å². The van der Waals surface area contributed by atoms with E-state index in [0.29, 0.717) is 17.5 Å². The van der Waals surface area contributed by atoms with Gasteiger partial charge in [0.25, 0.3) is 0 Å². The van der Waals surface area contributed by atoms with E-state index in [1.54, 1.807) is 18.5 Å². The zero-order chi connectivity index (χ0) is 16.5. The molecule has 4 aromatic rings. The lowest BCUT2D eigenvalue weighted by atomic mass is 10.2. The van der Waals surface area contributed by atoms with Crippen LogP contribution in [0, 0.1) is 0 Å². The molecule has 0 unspecified atom stereocenters. The quantitative estimate of drug-likeness (QED) is 0.536. The number of rotatable bonds is 4. The van der Waals surface area contributed by atoms with Gasteiger partial charge in [-0.05, 0) is 24.6 Å². The van der Waals surface area contributed by atoms with E-state index in [1.807, 2.05) is 39.6 Å². The van der Waals surface area contributed by atoms with Crippen LogP contribution in [0.3, 0.4) is 0 Å². The van der Waals surface area contributed by atoms with Gasteiger partial charge < -0.3 is 4.57 Å². The number of aromatic nitrogens is 6. The zero-order valence-electron chi connectivity index (χ0n) is 13.1. The molecule has 0 N–H and O–H groups in total. The normalized spacial score (nSPS) is 11.2. The van der Waals surface area contributed by atoms with Crippen LogP contribution >= 0.6 is 11.6 Å². The van der Waals surface area contributed by atoms with E-state index in [-0.39, 0.29) is 0 Å². The van der Waals surface area contributed by atoms with E-state index < -0.39 is 0 Å². The fraction of sp³-hybridized carbons (Fsp3) is 0.176. The lowest BCUT2D eigenvalue weighted by Crippen LogP contribution is -2.05. The van der Waals surface area contributed by atoms with E-state index in [4.69, 9.17) is 11.6 Å². The second-order valence-corrected chi connectivity index (χ2v) is 5.76. The number of nitrogens with zero attached hydrogens (tertiary/aromatic N) is 6. The Labute approximate surface area is 143 Å². The number of imidazole rings is 2. The summed E-state index contributed by atoms with van der Waals surface area (Å²) >= 11 is 6.00. The third-order valence-corrected chi connectivity index (χ3v) is 4.11. The van der Waals surface area contributed by atoms with Crippen molar-refractivity contribution in [3.05, 3.63) is 65.6 Å². The molecule has 0 aliphatic rings. The summed E-state index contributed by atoms with van der Waals surface area (Å²) in [5, 5.41) is 0.452. The molecule has 0 aromatic carbocycles. The van der Waals surface area contributed by atoms with Gasteiger partial charge in [-0.2, -0.15) is 0 Å². The third-order valence-electron chi connectivity index (χ3n) is 3.90. The van der Waals surface area contributed by atoms with E-state index in [9.17, 15) is 0 Å². The van der Waals surface area contributed by atoms with Crippen molar-refractivity contribution in [3.8, 4) is 11.5 Å². The van der Waals surface area contributed by atoms with Crippen molar-refractivity contribution in [1.82, 2.24) is 28.9 Å². The zero-order valence-corrected chi connectivity index (χ0v) is 13.9. The van der Waals surface area contributed by atoms with Crippen molar-refractivity contribution in [2.75, 3.05) is 0 Å². The molecule has 4 rings (SSSR count). The number of halogens is 1. The topological polar surface area (TPSA) is 60.9 Å². The minimum Gasteiger partial charge on any atom is -0.324 e. The molecule has 0 atom stereocenters. The molecule has 0 bridgehead atoms. The Morgan fingerprint density at radius 2 is 1.96 bits per heavy atom. The van der Waals surface area contributed by atoms with Crippen LogP contribution in [0.15, 0.2) is 49.1 Å². The molecule has 0 saturated heterocycles. The van der Waals surface area contributed by atoms with Crippen molar-refractivity contribution in [2.24, 2.45) is 0 Å². The molecule has 4 aromatic heterocycles. The Bertz CT molecular complexity index is 1000. The van der Waals surface area contributed by atoms with Crippen LogP contribution in [-0.4, -0.2) is 28.9 Å². The smallest absolute Gasteiger partial charge is 0.234 e. The molecular weight excluding hydrogens is 324 g/mol. The first kappa shape index (κ1) is 14.8. The van der Waals surface area contributed by atoms with Crippen molar-refractivity contribution < 1.29 is 0 Å². The van der Waals surface area contributed by atoms with Crippen LogP contribution in [-0.2, 0) is 13.0 Å². The number of fused-ring (bicyclic) bond motifs is 1. The first-order valence-electron chi connectivity index (χ1n) is 7.71. The van der Waals surface area contributed by atoms with Gasteiger partial charge in [-0.3, -0.25) is 4.40 Å². The molecule has 0 radical (unpaired) electrons. The summed E-state index contributed by atoms with van der Waals surface area (Å²) in [6, 6.07) is 7.43. The van der Waals surface area contributed by atoms with E-state index >= 15 is 0 Å². The molecule has 0 aliphatic carbocycles. The maximum atomic E-state index is 6.00. The van der Waals surface area contributed by atoms with Crippen molar-refractivity contribution in [2.45, 2.75) is 19.9 Å². The lowest BCUT2D eigenvalue weighted by molar-refractivity contribution is 0.770. The van der Waals surface area contributed by atoms with Gasteiger partial charge in [-0.15, -0.1) is 0 Å². The van der Waals surface area contributed by atoms with Gasteiger partial charge in [0, 0.05) is 30.5 Å². The predicted molar refractivity (Wildman–Crippen MR) is 91.9 cm³/mol. The average molecular weight is 339 g/mol. The van der Waals surface area contributed by atoms with Gasteiger partial charge in [-0.1, -0.05) is 24.6 Å². The molecule has 0 saturated carbocycles. The van der Waals surface area contributed by atoms with E-state index in [2.05, 4.69) is 26.9 Å². The average Bonchev–Trinajstić information content (AvgIpc) is 3.19. The van der Waals surface area contributed by atoms with Crippen LogP contribution in [0.4, 0.5) is 0 Å². The molecule has 24 heavy (non-hydrogen) atoms. The van der Waals surface area contributed by atoms with Gasteiger partial charge in [0.2, 0.25) is 5.78 Å². The molecule has 6 nitrogen and oxygen atoms in total. The standard InChI is InChI=1S/C17H15ClN6/c1-2-14-13(22-17-20-7-4-9-24(14)17)11-23-10-8-19-16(23)12-5-3-6-15(18)21-12/h3-10H,2,11H2,1H3. The van der Waals surface area contributed by atoms with Gasteiger partial charge in [0.05, 0.1) is 12.2 Å². The van der Waals surface area contributed by atoms with Gasteiger partial charge >= 0.3 is 0 Å². The van der Waals surface area contributed by atoms with Gasteiger partial charge in [0.1, 0.15) is 10.8 Å². The highest BCUT2D eigenvalue weighted by atomic mass is 35.5. The molecule has 7 heteroatoms. The highest BCUT2D eigenvalue weighted by molar-refractivity contribution is 6.29. The van der Waals surface area contributed by atoms with E-state index in [1.165, 1.54) is 0 Å². The Morgan fingerprint density at radius 3 is 2.79 bits per heavy atom. The molecule has 0 spiro atoms. The summed E-state index contributed by atoms with van der Waals surface area (Å²) in [5.74, 6) is 1.48. The summed E-state index contributed by atoms with van der Waals surface area (Å²) in [5.41, 5.74) is 2.88. The Balaban J connectivity index is 1.76. The van der Waals surface area contributed by atoms with Gasteiger partial charge in [0.15, 0.2) is 5.82 Å². The van der Waals surface area contributed by atoms with Crippen molar-refractivity contribution in [1.29, 1.82) is 0 Å². The summed E-state index contributed by atoms with van der Waals surface area (Å²) in [7, 11) is 0. The highest BCUT2D eigenvalue weighted by Gasteiger charge is 2.14. The second kappa shape index (κ2) is 6.05. The van der Waals surface area contributed by atoms with Crippen molar-refractivity contribution in [3.63, 3.8) is 0 Å². The Morgan fingerprint density at radius 1 is 1.04 bits per heavy atom. The summed E-state index contributed by atoms with van der Waals surface area (Å²) < 4.78 is 4.06. The fourth-order valence-electron chi connectivity index (χ4n) is 2.85. The predicted octanol–water partition coefficient (Wildman–Crippen LogP) is 3.25. The number of pyridine rings is 1. The molecule has 0 amide bonds. The number of aryl methyl sites for hydroxylation is 1. The molecule has 4 heterocycles. The van der Waals surface area contributed by atoms with Crippen molar-refractivity contribution >= 4 is 17.4 Å². The minimum absolute atomic E-state index is 0.452. The monoisotopic (exact) mass is 338 g/mol. The second-order valence-electron chi connectivity index (χ2n) is 5.37. The number of hydrogen-bond acceptors (Lipinski definition) is 4. The fourth-order valence-corrected chi connectivity index (χ4v) is 3.01. The van der Waals surface area contributed by atoms with Crippen LogP contribution in [0.5, 0.6) is 0 Å². The maximum absolute atomic E-state index is 6.00. The minimum atomic E-state index is 0.452. The first-order chi connectivity index (χ1) is 11.8. The summed E-state index contributed by atoms with van der Waals surface area (Å²) in [4.78, 5) is 17.8. The molecule has 120 valence electrons.